The molecular formula is C26H34N6O3S2. The van der Waals surface area contributed by atoms with E-state index in [0.717, 1.165) is 52.3 Å². The zero-order chi connectivity index (χ0) is 26.4. The SMILES string of the molecule is C=C(/C=C(\C=C/N)Oc1ccc2nc(N[C@H]3CCCN(S(=O)(=O)CC)C3)sc2c1)c1cnn(CCC)c1. The first kappa shape index (κ1) is 26.9. The van der Waals surface area contributed by atoms with Crippen LogP contribution in [0.15, 0.2) is 61.3 Å². The van der Waals surface area contributed by atoms with Crippen molar-refractivity contribution in [2.75, 3.05) is 24.2 Å². The molecule has 0 spiro atoms. The van der Waals surface area contributed by atoms with Crippen molar-refractivity contribution in [1.82, 2.24) is 19.1 Å². The van der Waals surface area contributed by atoms with E-state index in [1.807, 2.05) is 35.2 Å². The van der Waals surface area contributed by atoms with Gasteiger partial charge in [-0.3, -0.25) is 4.68 Å². The molecule has 0 unspecified atom stereocenters. The lowest BCUT2D eigenvalue weighted by Crippen LogP contribution is -2.45. The molecule has 3 heterocycles. The normalized spacial score (nSPS) is 17.5. The number of hydrogen-bond acceptors (Lipinski definition) is 8. The number of thiazole rings is 1. The summed E-state index contributed by atoms with van der Waals surface area (Å²) in [5.41, 5.74) is 8.20. The van der Waals surface area contributed by atoms with Gasteiger partial charge in [0, 0.05) is 43.5 Å². The Bertz CT molecular complexity index is 1410. The van der Waals surface area contributed by atoms with Gasteiger partial charge < -0.3 is 15.8 Å². The highest BCUT2D eigenvalue weighted by Gasteiger charge is 2.28. The first-order valence-corrected chi connectivity index (χ1v) is 14.9. The summed E-state index contributed by atoms with van der Waals surface area (Å²) >= 11 is 1.52. The van der Waals surface area contributed by atoms with E-state index in [1.165, 1.54) is 17.5 Å². The van der Waals surface area contributed by atoms with Crippen LogP contribution in [0.25, 0.3) is 15.8 Å². The van der Waals surface area contributed by atoms with Crippen LogP contribution in [0.5, 0.6) is 5.75 Å². The monoisotopic (exact) mass is 542 g/mol. The van der Waals surface area contributed by atoms with Crippen LogP contribution in [0.4, 0.5) is 5.13 Å². The molecule has 1 aromatic carbocycles. The molecule has 11 heteroatoms. The Morgan fingerprint density at radius 1 is 1.38 bits per heavy atom. The number of fused-ring (bicyclic) bond motifs is 1. The topological polar surface area (TPSA) is 115 Å². The van der Waals surface area contributed by atoms with Crippen molar-refractivity contribution in [2.45, 2.75) is 45.7 Å². The minimum Gasteiger partial charge on any atom is -0.457 e. The summed E-state index contributed by atoms with van der Waals surface area (Å²) in [7, 11) is -3.19. The van der Waals surface area contributed by atoms with Crippen LogP contribution in [0, 0.1) is 0 Å². The molecule has 0 bridgehead atoms. The lowest BCUT2D eigenvalue weighted by molar-refractivity contribution is 0.327. The molecule has 198 valence electrons. The van der Waals surface area contributed by atoms with Gasteiger partial charge in [-0.15, -0.1) is 0 Å². The van der Waals surface area contributed by atoms with Crippen molar-refractivity contribution in [2.24, 2.45) is 5.73 Å². The quantitative estimate of drug-likeness (QED) is 0.269. The van der Waals surface area contributed by atoms with Crippen LogP contribution in [-0.4, -0.2) is 52.4 Å². The maximum absolute atomic E-state index is 12.3. The van der Waals surface area contributed by atoms with Crippen molar-refractivity contribution < 1.29 is 13.2 Å². The molecule has 9 nitrogen and oxygen atoms in total. The third-order valence-corrected chi connectivity index (χ3v) is 8.90. The number of piperidine rings is 1. The van der Waals surface area contributed by atoms with E-state index < -0.39 is 10.0 Å². The van der Waals surface area contributed by atoms with Gasteiger partial charge in [0.15, 0.2) is 5.13 Å². The van der Waals surface area contributed by atoms with Crippen molar-refractivity contribution in [3.05, 3.63) is 66.8 Å². The number of ether oxygens (including phenoxy) is 1. The third kappa shape index (κ3) is 6.79. The maximum atomic E-state index is 12.3. The van der Waals surface area contributed by atoms with Gasteiger partial charge in [-0.1, -0.05) is 24.8 Å². The van der Waals surface area contributed by atoms with Gasteiger partial charge in [-0.25, -0.2) is 13.4 Å². The number of allylic oxidation sites excluding steroid dienone is 3. The summed E-state index contributed by atoms with van der Waals surface area (Å²) in [6.45, 7) is 9.84. The standard InChI is InChI=1S/C26H34N6O3S2/c1-4-12-31-17-20(16-28-31)19(3)14-23(10-11-27)35-22-8-9-24-25(15-22)36-26(30-24)29-21-7-6-13-32(18-21)37(33,34)5-2/h8-11,14-17,21H,3-7,12-13,18,27H2,1-2H3,(H,29,30)/b11-10-,23-14+/t21-/m0/s1. The van der Waals surface area contributed by atoms with E-state index in [2.05, 4.69) is 28.9 Å². The second-order valence-electron chi connectivity index (χ2n) is 8.92. The van der Waals surface area contributed by atoms with Crippen LogP contribution >= 0.6 is 11.3 Å². The molecule has 4 rings (SSSR count). The number of aromatic nitrogens is 3. The van der Waals surface area contributed by atoms with E-state index >= 15 is 0 Å². The molecule has 1 atom stereocenters. The Hall–Kier alpha value is -3.15. The number of nitrogens with two attached hydrogens (primary N) is 1. The summed E-state index contributed by atoms with van der Waals surface area (Å²) in [6, 6.07) is 5.74. The van der Waals surface area contributed by atoms with E-state index in [1.54, 1.807) is 23.5 Å². The number of aryl methyl sites for hydroxylation is 1. The number of benzene rings is 1. The van der Waals surface area contributed by atoms with E-state index in [4.69, 9.17) is 10.5 Å². The predicted octanol–water partition coefficient (Wildman–Crippen LogP) is 4.58. The summed E-state index contributed by atoms with van der Waals surface area (Å²) in [5.74, 6) is 1.33. The van der Waals surface area contributed by atoms with Crippen LogP contribution in [0.2, 0.25) is 0 Å². The molecule has 1 saturated heterocycles. The molecule has 1 aliphatic rings. The first-order chi connectivity index (χ1) is 17.8. The van der Waals surface area contributed by atoms with Crippen molar-refractivity contribution >= 4 is 42.3 Å². The van der Waals surface area contributed by atoms with Gasteiger partial charge in [-0.05, 0) is 62.2 Å². The zero-order valence-corrected chi connectivity index (χ0v) is 22.9. The molecule has 0 saturated carbocycles. The molecule has 0 radical (unpaired) electrons. The molecular weight excluding hydrogens is 508 g/mol. The average molecular weight is 543 g/mol. The minimum absolute atomic E-state index is 0.0308. The molecule has 0 aliphatic carbocycles. The van der Waals surface area contributed by atoms with Gasteiger partial charge in [0.25, 0.3) is 0 Å². The van der Waals surface area contributed by atoms with Crippen molar-refractivity contribution in [3.8, 4) is 5.75 Å². The summed E-state index contributed by atoms with van der Waals surface area (Å²) in [5, 5.41) is 8.56. The summed E-state index contributed by atoms with van der Waals surface area (Å²) < 4.78 is 35.1. The first-order valence-electron chi connectivity index (χ1n) is 12.5. The molecule has 1 aliphatic heterocycles. The minimum atomic E-state index is -3.19. The Labute approximate surface area is 222 Å². The van der Waals surface area contributed by atoms with Crippen LogP contribution in [0.3, 0.4) is 0 Å². The van der Waals surface area contributed by atoms with Crippen LogP contribution < -0.4 is 15.8 Å². The van der Waals surface area contributed by atoms with Gasteiger partial charge >= 0.3 is 0 Å². The van der Waals surface area contributed by atoms with Gasteiger partial charge in [0.2, 0.25) is 10.0 Å². The van der Waals surface area contributed by atoms with E-state index in [-0.39, 0.29) is 11.8 Å². The molecule has 1 fully saturated rings. The largest absolute Gasteiger partial charge is 0.457 e. The van der Waals surface area contributed by atoms with Gasteiger partial charge in [0.1, 0.15) is 11.5 Å². The highest BCUT2D eigenvalue weighted by atomic mass is 32.2. The number of nitrogens with zero attached hydrogens (tertiary/aromatic N) is 4. The van der Waals surface area contributed by atoms with E-state index in [0.29, 0.717) is 24.6 Å². The smallest absolute Gasteiger partial charge is 0.213 e. The Balaban J connectivity index is 1.46. The predicted molar refractivity (Wildman–Crippen MR) is 151 cm³/mol. The number of anilines is 1. The number of hydrogen-bond donors (Lipinski definition) is 2. The van der Waals surface area contributed by atoms with Crippen LogP contribution in [-0.2, 0) is 16.6 Å². The van der Waals surface area contributed by atoms with Crippen molar-refractivity contribution in [3.63, 3.8) is 0 Å². The molecule has 2 aromatic heterocycles. The summed E-state index contributed by atoms with van der Waals surface area (Å²) in [6.07, 6.45) is 11.4. The fraction of sp³-hybridized carbons (Fsp3) is 0.385. The number of nitrogens with one attached hydrogen (secondary N) is 1. The van der Waals surface area contributed by atoms with Gasteiger partial charge in [0.05, 0.1) is 22.2 Å². The Kier molecular flexibility index (Phi) is 8.67. The molecule has 3 N–H and O–H groups in total. The summed E-state index contributed by atoms with van der Waals surface area (Å²) in [4.78, 5) is 4.69. The van der Waals surface area contributed by atoms with E-state index in [9.17, 15) is 8.42 Å². The molecule has 37 heavy (non-hydrogen) atoms. The maximum Gasteiger partial charge on any atom is 0.213 e. The van der Waals surface area contributed by atoms with Crippen molar-refractivity contribution in [1.29, 1.82) is 0 Å². The number of sulfonamides is 1. The second kappa shape index (κ2) is 11.9. The number of rotatable bonds is 11. The third-order valence-electron chi connectivity index (χ3n) is 6.10. The zero-order valence-electron chi connectivity index (χ0n) is 21.3. The molecule has 0 amide bonds. The fourth-order valence-corrected chi connectivity index (χ4v) is 6.33. The Morgan fingerprint density at radius 3 is 2.97 bits per heavy atom. The van der Waals surface area contributed by atoms with Gasteiger partial charge in [-0.2, -0.15) is 9.40 Å². The lowest BCUT2D eigenvalue weighted by Gasteiger charge is -2.31. The molecule has 3 aromatic rings. The van der Waals surface area contributed by atoms with Crippen LogP contribution in [0.1, 0.15) is 38.7 Å². The second-order valence-corrected chi connectivity index (χ2v) is 12.2. The lowest BCUT2D eigenvalue weighted by atomic mass is 10.1. The average Bonchev–Trinajstić information content (AvgIpc) is 3.51. The highest BCUT2D eigenvalue weighted by Crippen LogP contribution is 2.31. The Morgan fingerprint density at radius 2 is 2.22 bits per heavy atom. The highest BCUT2D eigenvalue weighted by molar-refractivity contribution is 7.89. The fourth-order valence-electron chi connectivity index (χ4n) is 4.18.